The summed E-state index contributed by atoms with van der Waals surface area (Å²) >= 11 is 9.00. The molecule has 0 aliphatic carbocycles. The zero-order valence-corrected chi connectivity index (χ0v) is 16.3. The van der Waals surface area contributed by atoms with Crippen molar-refractivity contribution in [3.8, 4) is 5.75 Å². The average molecular weight is 439 g/mol. The van der Waals surface area contributed by atoms with Gasteiger partial charge in [0.1, 0.15) is 19.0 Å². The minimum atomic E-state index is -1.16. The zero-order chi connectivity index (χ0) is 18.9. The number of rotatable bonds is 8. The summed E-state index contributed by atoms with van der Waals surface area (Å²) in [5.41, 5.74) is 1.86. The highest BCUT2D eigenvalue weighted by atomic mass is 79.9. The second kappa shape index (κ2) is 9.99. The van der Waals surface area contributed by atoms with Crippen molar-refractivity contribution in [3.63, 3.8) is 0 Å². The molecule has 0 unspecified atom stereocenters. The number of carboxylic acid groups (broad SMARTS) is 1. The fourth-order valence-electron chi connectivity index (χ4n) is 2.19. The van der Waals surface area contributed by atoms with E-state index in [1.54, 1.807) is 31.2 Å². The van der Waals surface area contributed by atoms with Crippen molar-refractivity contribution in [2.75, 3.05) is 6.61 Å². The molecular weight excluding hydrogens is 422 g/mol. The molecule has 0 aliphatic rings. The van der Waals surface area contributed by atoms with Gasteiger partial charge in [0.15, 0.2) is 5.71 Å². The summed E-state index contributed by atoms with van der Waals surface area (Å²) in [5, 5.41) is 13.1. The second-order valence-corrected chi connectivity index (χ2v) is 6.83. The molecule has 0 aliphatic heterocycles. The predicted molar refractivity (Wildman–Crippen MR) is 106 cm³/mol. The molecule has 0 aromatic heterocycles. The number of hydrogen-bond donors (Lipinski definition) is 1. The Balaban J connectivity index is 2.23. The number of aliphatic carboxylic acids is 1. The van der Waals surface area contributed by atoms with Crippen LogP contribution in [0.25, 0.3) is 6.08 Å². The Bertz CT molecular complexity index is 832. The van der Waals surface area contributed by atoms with Gasteiger partial charge in [0.2, 0.25) is 0 Å². The fourth-order valence-corrected chi connectivity index (χ4v) is 2.58. The van der Waals surface area contributed by atoms with Crippen molar-refractivity contribution in [1.29, 1.82) is 0 Å². The van der Waals surface area contributed by atoms with Gasteiger partial charge in [0.25, 0.3) is 0 Å². The van der Waals surface area contributed by atoms with Crippen molar-refractivity contribution in [2.24, 2.45) is 5.16 Å². The van der Waals surface area contributed by atoms with E-state index in [4.69, 9.17) is 21.2 Å². The molecule has 0 amide bonds. The summed E-state index contributed by atoms with van der Waals surface area (Å²) in [5.74, 6) is -0.525. The number of benzene rings is 2. The number of carboxylic acids is 1. The molecule has 0 radical (unpaired) electrons. The van der Waals surface area contributed by atoms with Crippen LogP contribution in [0, 0.1) is 0 Å². The molecule has 2 rings (SSSR count). The van der Waals surface area contributed by atoms with E-state index >= 15 is 0 Å². The minimum Gasteiger partial charge on any atom is -0.489 e. The zero-order valence-electron chi connectivity index (χ0n) is 14.0. The van der Waals surface area contributed by atoms with E-state index in [2.05, 4.69) is 21.1 Å². The highest BCUT2D eigenvalue weighted by Crippen LogP contribution is 2.21. The van der Waals surface area contributed by atoms with Gasteiger partial charge in [-0.1, -0.05) is 53.2 Å². The molecule has 26 heavy (non-hydrogen) atoms. The minimum absolute atomic E-state index is 0.159. The van der Waals surface area contributed by atoms with E-state index in [0.717, 1.165) is 5.56 Å². The maximum Gasteiger partial charge on any atom is 0.358 e. The molecule has 0 fully saturated rings. The maximum atomic E-state index is 11.5. The molecule has 0 saturated carbocycles. The van der Waals surface area contributed by atoms with Crippen LogP contribution in [0.5, 0.6) is 5.75 Å². The Labute approximate surface area is 165 Å². The summed E-state index contributed by atoms with van der Waals surface area (Å²) in [6.45, 7) is 2.20. The third-order valence-corrected chi connectivity index (χ3v) is 3.63. The largest absolute Gasteiger partial charge is 0.489 e. The molecule has 1 N–H and O–H groups in total. The third kappa shape index (κ3) is 5.89. The summed E-state index contributed by atoms with van der Waals surface area (Å²) < 4.78 is 6.30. The number of nitrogens with zero attached hydrogens (tertiary/aromatic N) is 1. The molecule has 5 nitrogen and oxygen atoms in total. The van der Waals surface area contributed by atoms with E-state index < -0.39 is 5.97 Å². The van der Waals surface area contributed by atoms with Crippen LogP contribution in [0.15, 0.2) is 57.6 Å². The summed E-state index contributed by atoms with van der Waals surface area (Å²) in [7, 11) is 0. The van der Waals surface area contributed by atoms with Crippen LogP contribution in [-0.4, -0.2) is 23.4 Å². The van der Waals surface area contributed by atoms with Gasteiger partial charge in [-0.05, 0) is 52.2 Å². The number of halogens is 2. The van der Waals surface area contributed by atoms with Crippen molar-refractivity contribution in [2.45, 2.75) is 13.5 Å². The van der Waals surface area contributed by atoms with Gasteiger partial charge < -0.3 is 14.7 Å². The van der Waals surface area contributed by atoms with Crippen molar-refractivity contribution in [1.82, 2.24) is 0 Å². The maximum absolute atomic E-state index is 11.5. The molecule has 0 heterocycles. The Morgan fingerprint density at radius 1 is 1.27 bits per heavy atom. The van der Waals surface area contributed by atoms with Gasteiger partial charge in [0, 0.05) is 5.56 Å². The van der Waals surface area contributed by atoms with E-state index in [-0.39, 0.29) is 18.9 Å². The Morgan fingerprint density at radius 3 is 2.73 bits per heavy atom. The first kappa shape index (κ1) is 20.0. The standard InChI is InChI=1S/C19H17BrClNO4/c1-2-26-22-18(19(23)24)16-9-4-3-7-14(16)12-25-15-8-5-6-13(10-15)11-17(20)21/h3-11H,2,12H2,1H3,(H,23,24). The first-order valence-electron chi connectivity index (χ1n) is 7.78. The smallest absolute Gasteiger partial charge is 0.358 e. The summed E-state index contributed by atoms with van der Waals surface area (Å²) in [6.07, 6.45) is 1.75. The molecule has 0 bridgehead atoms. The Hall–Kier alpha value is -2.31. The number of ether oxygens (including phenoxy) is 1. The van der Waals surface area contributed by atoms with Gasteiger partial charge >= 0.3 is 5.97 Å². The molecule has 2 aromatic rings. The van der Waals surface area contributed by atoms with Crippen LogP contribution >= 0.6 is 27.5 Å². The second-order valence-electron chi connectivity index (χ2n) is 5.12. The first-order valence-corrected chi connectivity index (χ1v) is 8.95. The normalized spacial score (nSPS) is 12.0. The van der Waals surface area contributed by atoms with Gasteiger partial charge in [-0.15, -0.1) is 0 Å². The van der Waals surface area contributed by atoms with Crippen molar-refractivity contribution < 1.29 is 19.5 Å². The van der Waals surface area contributed by atoms with Crippen LogP contribution in [0.1, 0.15) is 23.6 Å². The van der Waals surface area contributed by atoms with Crippen LogP contribution in [0.4, 0.5) is 0 Å². The SMILES string of the molecule is CCON=C(C(=O)O)c1ccccc1COc1cccc(C=C(Cl)Br)c1. The lowest BCUT2D eigenvalue weighted by atomic mass is 10.0. The quantitative estimate of drug-likeness (QED) is 0.464. The Kier molecular flexibility index (Phi) is 7.69. The van der Waals surface area contributed by atoms with Gasteiger partial charge in [-0.25, -0.2) is 4.79 Å². The predicted octanol–water partition coefficient (Wildman–Crippen LogP) is 5.02. The highest BCUT2D eigenvalue weighted by Gasteiger charge is 2.17. The third-order valence-electron chi connectivity index (χ3n) is 3.29. The van der Waals surface area contributed by atoms with Crippen molar-refractivity contribution >= 4 is 45.3 Å². The molecule has 2 aromatic carbocycles. The van der Waals surface area contributed by atoms with Gasteiger partial charge in [-0.3, -0.25) is 0 Å². The van der Waals surface area contributed by atoms with E-state index in [1.165, 1.54) is 0 Å². The lowest BCUT2D eigenvalue weighted by molar-refractivity contribution is -0.129. The van der Waals surface area contributed by atoms with Crippen LogP contribution in [0.2, 0.25) is 0 Å². The number of oxime groups is 1. The lowest BCUT2D eigenvalue weighted by Crippen LogP contribution is -2.18. The van der Waals surface area contributed by atoms with E-state index in [0.29, 0.717) is 20.8 Å². The molecular formula is C19H17BrClNO4. The fraction of sp³-hybridized carbons (Fsp3) is 0.158. The Morgan fingerprint density at radius 2 is 2.04 bits per heavy atom. The molecule has 0 saturated heterocycles. The van der Waals surface area contributed by atoms with Gasteiger partial charge in [0.05, 0.1) is 3.94 Å². The molecule has 7 heteroatoms. The van der Waals surface area contributed by atoms with E-state index in [1.807, 2.05) is 30.3 Å². The van der Waals surface area contributed by atoms with Crippen LogP contribution < -0.4 is 4.74 Å². The average Bonchev–Trinajstić information content (AvgIpc) is 2.60. The summed E-state index contributed by atoms with van der Waals surface area (Å²) in [4.78, 5) is 16.4. The lowest BCUT2D eigenvalue weighted by Gasteiger charge is -2.11. The summed E-state index contributed by atoms with van der Waals surface area (Å²) in [6, 6.07) is 14.4. The first-order chi connectivity index (χ1) is 12.5. The van der Waals surface area contributed by atoms with Crippen LogP contribution in [0.3, 0.4) is 0 Å². The molecule has 0 atom stereocenters. The van der Waals surface area contributed by atoms with Crippen molar-refractivity contribution in [3.05, 3.63) is 69.2 Å². The van der Waals surface area contributed by atoms with Gasteiger partial charge in [-0.2, -0.15) is 0 Å². The topological polar surface area (TPSA) is 68.1 Å². The highest BCUT2D eigenvalue weighted by molar-refractivity contribution is 9.12. The number of hydrogen-bond acceptors (Lipinski definition) is 4. The number of carbonyl (C=O) groups is 1. The molecule has 136 valence electrons. The van der Waals surface area contributed by atoms with E-state index in [9.17, 15) is 9.90 Å². The van der Waals surface area contributed by atoms with Crippen LogP contribution in [-0.2, 0) is 16.2 Å². The molecule has 0 spiro atoms. The monoisotopic (exact) mass is 437 g/mol.